The number of hydrogen-bond donors (Lipinski definition) is 0. The van der Waals surface area contributed by atoms with Gasteiger partial charge in [0.15, 0.2) is 11.6 Å². The maximum absolute atomic E-state index is 8.49. The number of nitriles is 2. The van der Waals surface area contributed by atoms with Crippen LogP contribution in [0.3, 0.4) is 0 Å². The molecule has 58 valence electrons. The Hall–Kier alpha value is -1.42. The first kappa shape index (κ1) is 9.58. The monoisotopic (exact) mass is 150 g/mol. The fourth-order valence-electron chi connectivity index (χ4n) is 0.279. The molecule has 0 fully saturated rings. The summed E-state index contributed by atoms with van der Waals surface area (Å²) in [5.41, 5.74) is -0.814. The molecule has 0 aromatic carbocycles. The van der Waals surface area contributed by atoms with E-state index < -0.39 is 11.6 Å². The fraction of sp³-hybridized carbons (Fsp3) is 0.714. The molecule has 0 aliphatic carbocycles. The largest absolute Gasteiger partial charge is 0.196 e. The average molecular weight is 150 g/mol. The third-order valence-electron chi connectivity index (χ3n) is 0.941. The summed E-state index contributed by atoms with van der Waals surface area (Å²) < 4.78 is 0. The van der Waals surface area contributed by atoms with E-state index in [-0.39, 0.29) is 0 Å². The molecule has 0 heterocycles. The Morgan fingerprint density at radius 3 is 2.27 bits per heavy atom. The van der Waals surface area contributed by atoms with Crippen LogP contribution < -0.4 is 0 Å². The minimum atomic E-state index is -0.814. The summed E-state index contributed by atoms with van der Waals surface area (Å²) in [5, 5.41) is 24.1. The summed E-state index contributed by atoms with van der Waals surface area (Å²) in [6.45, 7) is 4.90. The van der Waals surface area contributed by atoms with Crippen LogP contribution in [0.25, 0.3) is 0 Å². The summed E-state index contributed by atoms with van der Waals surface area (Å²) in [7, 11) is 0. The summed E-state index contributed by atoms with van der Waals surface area (Å²) in [6, 6.07) is 3.37. The van der Waals surface area contributed by atoms with Crippen molar-refractivity contribution in [1.82, 2.24) is 0 Å². The highest BCUT2D eigenvalue weighted by Crippen LogP contribution is 2.07. The lowest BCUT2D eigenvalue weighted by molar-refractivity contribution is 0.603. The van der Waals surface area contributed by atoms with E-state index in [1.54, 1.807) is 20.8 Å². The van der Waals surface area contributed by atoms with Gasteiger partial charge >= 0.3 is 0 Å². The van der Waals surface area contributed by atoms with Gasteiger partial charge in [-0.3, -0.25) is 0 Å². The molecule has 0 aliphatic rings. The number of nitrogens with zero attached hydrogens (tertiary/aromatic N) is 4. The zero-order chi connectivity index (χ0) is 8.91. The molecule has 0 rings (SSSR count). The van der Waals surface area contributed by atoms with Crippen LogP contribution in [0, 0.1) is 22.7 Å². The van der Waals surface area contributed by atoms with Gasteiger partial charge in [-0.15, -0.1) is 0 Å². The Bertz CT molecular complexity index is 228. The highest BCUT2D eigenvalue weighted by molar-refractivity contribution is 4.99. The molecule has 0 aromatic heterocycles. The van der Waals surface area contributed by atoms with Crippen molar-refractivity contribution in [3.8, 4) is 12.1 Å². The molecule has 0 radical (unpaired) electrons. The lowest BCUT2D eigenvalue weighted by Gasteiger charge is -2.05. The van der Waals surface area contributed by atoms with Crippen molar-refractivity contribution in [1.29, 1.82) is 10.5 Å². The minimum Gasteiger partial charge on any atom is -0.196 e. The molecular weight excluding hydrogens is 140 g/mol. The molecule has 1 atom stereocenters. The zero-order valence-corrected chi connectivity index (χ0v) is 6.87. The minimum absolute atomic E-state index is 0.470. The first-order chi connectivity index (χ1) is 5.02. The van der Waals surface area contributed by atoms with Gasteiger partial charge in [-0.05, 0) is 20.8 Å². The van der Waals surface area contributed by atoms with Crippen LogP contribution in [0.15, 0.2) is 10.2 Å². The molecule has 0 amide bonds. The maximum Gasteiger partial charge on any atom is 0.162 e. The molecule has 0 aliphatic heterocycles. The zero-order valence-electron chi connectivity index (χ0n) is 6.87. The molecule has 0 bridgehead atoms. The summed E-state index contributed by atoms with van der Waals surface area (Å²) in [5.74, 6) is 0. The Morgan fingerprint density at radius 1 is 1.36 bits per heavy atom. The standard InChI is InChI=1S/C7H10N4/c1-6(4-8)10-11-7(2,3)5-9/h6H,1-3H3. The predicted octanol–water partition coefficient (Wildman–Crippen LogP) is 1.65. The number of azo groups is 1. The lowest BCUT2D eigenvalue weighted by Crippen LogP contribution is -2.12. The molecule has 4 nitrogen and oxygen atoms in total. The van der Waals surface area contributed by atoms with Crippen molar-refractivity contribution in [3.05, 3.63) is 0 Å². The van der Waals surface area contributed by atoms with Crippen molar-refractivity contribution < 1.29 is 0 Å². The van der Waals surface area contributed by atoms with Crippen LogP contribution in [0.1, 0.15) is 20.8 Å². The van der Waals surface area contributed by atoms with Gasteiger partial charge in [0.1, 0.15) is 0 Å². The van der Waals surface area contributed by atoms with Gasteiger partial charge in [0.25, 0.3) is 0 Å². The van der Waals surface area contributed by atoms with Crippen molar-refractivity contribution in [3.63, 3.8) is 0 Å². The predicted molar refractivity (Wildman–Crippen MR) is 39.6 cm³/mol. The topological polar surface area (TPSA) is 72.3 Å². The van der Waals surface area contributed by atoms with E-state index in [0.29, 0.717) is 0 Å². The van der Waals surface area contributed by atoms with Crippen molar-refractivity contribution in [2.45, 2.75) is 32.4 Å². The quantitative estimate of drug-likeness (QED) is 0.561. The second-order valence-electron chi connectivity index (χ2n) is 2.69. The molecule has 0 spiro atoms. The van der Waals surface area contributed by atoms with Crippen LogP contribution in [0.5, 0.6) is 0 Å². The molecule has 11 heavy (non-hydrogen) atoms. The van der Waals surface area contributed by atoms with Crippen LogP contribution in [-0.4, -0.2) is 11.6 Å². The second kappa shape index (κ2) is 3.68. The van der Waals surface area contributed by atoms with Crippen LogP contribution in [0.4, 0.5) is 0 Å². The Labute approximate surface area is 66.2 Å². The van der Waals surface area contributed by atoms with E-state index in [4.69, 9.17) is 10.5 Å². The van der Waals surface area contributed by atoms with E-state index >= 15 is 0 Å². The van der Waals surface area contributed by atoms with Gasteiger partial charge in [-0.2, -0.15) is 20.8 Å². The SMILES string of the molecule is CC(C#N)N=NC(C)(C)C#N. The Morgan fingerprint density at radius 2 is 1.91 bits per heavy atom. The lowest BCUT2D eigenvalue weighted by atomic mass is 10.1. The third kappa shape index (κ3) is 4.05. The van der Waals surface area contributed by atoms with Gasteiger partial charge in [-0.1, -0.05) is 0 Å². The molecular formula is C7H10N4. The molecule has 0 saturated heterocycles. The van der Waals surface area contributed by atoms with E-state index in [1.807, 2.05) is 12.1 Å². The van der Waals surface area contributed by atoms with Crippen LogP contribution >= 0.6 is 0 Å². The highest BCUT2D eigenvalue weighted by atomic mass is 15.2. The van der Waals surface area contributed by atoms with Gasteiger partial charge in [0.05, 0.1) is 12.1 Å². The van der Waals surface area contributed by atoms with Gasteiger partial charge in [-0.25, -0.2) is 0 Å². The van der Waals surface area contributed by atoms with E-state index in [9.17, 15) is 0 Å². The molecule has 1 unspecified atom stereocenters. The molecule has 0 saturated carbocycles. The third-order valence-corrected chi connectivity index (χ3v) is 0.941. The summed E-state index contributed by atoms with van der Waals surface area (Å²) >= 11 is 0. The van der Waals surface area contributed by atoms with Crippen LogP contribution in [-0.2, 0) is 0 Å². The van der Waals surface area contributed by atoms with Crippen molar-refractivity contribution in [2.75, 3.05) is 0 Å². The second-order valence-corrected chi connectivity index (χ2v) is 2.69. The van der Waals surface area contributed by atoms with Gasteiger partial charge < -0.3 is 0 Å². The van der Waals surface area contributed by atoms with Crippen molar-refractivity contribution in [2.24, 2.45) is 10.2 Å². The fourth-order valence-corrected chi connectivity index (χ4v) is 0.279. The van der Waals surface area contributed by atoms with E-state index in [1.165, 1.54) is 0 Å². The molecule has 0 aromatic rings. The smallest absolute Gasteiger partial charge is 0.162 e. The van der Waals surface area contributed by atoms with Gasteiger partial charge in [0, 0.05) is 0 Å². The maximum atomic E-state index is 8.49. The summed E-state index contributed by atoms with van der Waals surface area (Å²) in [4.78, 5) is 0. The number of hydrogen-bond acceptors (Lipinski definition) is 4. The normalized spacial score (nSPS) is 13.9. The number of rotatable bonds is 2. The Balaban J connectivity index is 4.18. The van der Waals surface area contributed by atoms with E-state index in [0.717, 1.165) is 0 Å². The first-order valence-electron chi connectivity index (χ1n) is 3.25. The first-order valence-corrected chi connectivity index (χ1v) is 3.25. The molecule has 0 N–H and O–H groups in total. The van der Waals surface area contributed by atoms with E-state index in [2.05, 4.69) is 10.2 Å². The van der Waals surface area contributed by atoms with Crippen molar-refractivity contribution >= 4 is 0 Å². The van der Waals surface area contributed by atoms with Crippen LogP contribution in [0.2, 0.25) is 0 Å². The van der Waals surface area contributed by atoms with Gasteiger partial charge in [0.2, 0.25) is 0 Å². The Kier molecular flexibility index (Phi) is 3.20. The summed E-state index contributed by atoms with van der Waals surface area (Å²) in [6.07, 6.45) is 0. The average Bonchev–Trinajstić information content (AvgIpc) is 2.00. The molecule has 4 heteroatoms. The highest BCUT2D eigenvalue weighted by Gasteiger charge is 2.14.